The predicted octanol–water partition coefficient (Wildman–Crippen LogP) is 5.52. The molecule has 1 heterocycles. The van der Waals surface area contributed by atoms with E-state index >= 15 is 0 Å². The first-order chi connectivity index (χ1) is 15.4. The zero-order valence-electron chi connectivity index (χ0n) is 18.0. The average Bonchev–Trinajstić information content (AvgIpc) is 2.78. The normalized spacial score (nSPS) is 10.8. The number of anilines is 2. The summed E-state index contributed by atoms with van der Waals surface area (Å²) in [6, 6.07) is 22.8. The number of fused-ring (bicyclic) bond motifs is 1. The van der Waals surface area contributed by atoms with Gasteiger partial charge in [-0.1, -0.05) is 48.0 Å². The van der Waals surface area contributed by atoms with Crippen LogP contribution in [-0.2, 0) is 17.9 Å². The van der Waals surface area contributed by atoms with Gasteiger partial charge in [0.05, 0.1) is 5.52 Å². The molecular weight excluding hydrogens is 422 g/mol. The predicted molar refractivity (Wildman–Crippen MR) is 132 cm³/mol. The van der Waals surface area contributed by atoms with Gasteiger partial charge in [-0.2, -0.15) is 0 Å². The molecule has 162 valence electrons. The van der Waals surface area contributed by atoms with Crippen molar-refractivity contribution in [2.45, 2.75) is 26.9 Å². The highest BCUT2D eigenvalue weighted by Crippen LogP contribution is 2.21. The van der Waals surface area contributed by atoms with Crippen LogP contribution in [-0.4, -0.2) is 10.5 Å². The van der Waals surface area contributed by atoms with Crippen LogP contribution in [0.2, 0.25) is 5.02 Å². The molecule has 1 amide bonds. The molecule has 0 aliphatic rings. The maximum absolute atomic E-state index is 13.3. The summed E-state index contributed by atoms with van der Waals surface area (Å²) in [6.07, 6.45) is 0. The van der Waals surface area contributed by atoms with Gasteiger partial charge in [0.25, 0.3) is 5.56 Å². The SMILES string of the molecule is Cc1ccc2cc(CNc3ccccc3)c(=O)n(CC(=O)Nc3cc(Cl)ccc3C)c2c1. The maximum atomic E-state index is 13.3. The second-order valence-electron chi connectivity index (χ2n) is 7.85. The van der Waals surface area contributed by atoms with Gasteiger partial charge in [-0.25, -0.2) is 0 Å². The monoisotopic (exact) mass is 445 g/mol. The van der Waals surface area contributed by atoms with Gasteiger partial charge in [0, 0.05) is 28.5 Å². The second kappa shape index (κ2) is 9.28. The van der Waals surface area contributed by atoms with Crippen LogP contribution in [0.4, 0.5) is 11.4 Å². The molecule has 0 radical (unpaired) electrons. The molecule has 3 aromatic carbocycles. The number of para-hydroxylation sites is 1. The minimum absolute atomic E-state index is 0.0933. The molecule has 32 heavy (non-hydrogen) atoms. The molecule has 2 N–H and O–H groups in total. The van der Waals surface area contributed by atoms with Crippen molar-refractivity contribution in [3.05, 3.63) is 105 Å². The van der Waals surface area contributed by atoms with Gasteiger partial charge in [0.15, 0.2) is 0 Å². The Morgan fingerprint density at radius 1 is 0.969 bits per heavy atom. The molecule has 0 saturated heterocycles. The minimum Gasteiger partial charge on any atom is -0.381 e. The number of benzene rings is 3. The van der Waals surface area contributed by atoms with E-state index in [0.717, 1.165) is 27.7 Å². The molecule has 4 aromatic rings. The van der Waals surface area contributed by atoms with Crippen LogP contribution in [0.15, 0.2) is 77.6 Å². The second-order valence-corrected chi connectivity index (χ2v) is 8.29. The topological polar surface area (TPSA) is 63.1 Å². The molecular formula is C26H24ClN3O2. The third-order valence-corrected chi connectivity index (χ3v) is 5.59. The number of carbonyl (C=O) groups excluding carboxylic acids is 1. The zero-order chi connectivity index (χ0) is 22.7. The Hall–Kier alpha value is -3.57. The summed E-state index contributed by atoms with van der Waals surface area (Å²) in [5.41, 5.74) is 4.62. The fraction of sp³-hybridized carbons (Fsp3) is 0.154. The Labute approximate surface area is 191 Å². The number of pyridine rings is 1. The smallest absolute Gasteiger partial charge is 0.256 e. The number of carbonyl (C=O) groups is 1. The van der Waals surface area contributed by atoms with Gasteiger partial charge in [0.2, 0.25) is 5.91 Å². The molecule has 0 aliphatic heterocycles. The summed E-state index contributed by atoms with van der Waals surface area (Å²) in [7, 11) is 0. The molecule has 0 atom stereocenters. The lowest BCUT2D eigenvalue weighted by molar-refractivity contribution is -0.116. The van der Waals surface area contributed by atoms with Crippen LogP contribution in [0, 0.1) is 13.8 Å². The Bertz CT molecular complexity index is 1350. The van der Waals surface area contributed by atoms with Crippen molar-refractivity contribution in [1.29, 1.82) is 0 Å². The van der Waals surface area contributed by atoms with E-state index in [1.165, 1.54) is 0 Å². The molecule has 0 fully saturated rings. The third-order valence-electron chi connectivity index (χ3n) is 5.36. The van der Waals surface area contributed by atoms with Crippen LogP contribution in [0.5, 0.6) is 0 Å². The molecule has 6 heteroatoms. The largest absolute Gasteiger partial charge is 0.381 e. The Morgan fingerprint density at radius 2 is 1.75 bits per heavy atom. The summed E-state index contributed by atoms with van der Waals surface area (Å²) in [5, 5.41) is 7.62. The fourth-order valence-electron chi connectivity index (χ4n) is 3.64. The standard InChI is InChI=1S/C26H24ClN3O2/c1-17-8-10-19-13-20(15-28-22-6-4-3-5-7-22)26(32)30(24(19)12-17)16-25(31)29-23-14-21(27)11-9-18(23)2/h3-14,28H,15-16H2,1-2H3,(H,29,31). The van der Waals surface area contributed by atoms with E-state index < -0.39 is 0 Å². The van der Waals surface area contributed by atoms with E-state index in [0.29, 0.717) is 22.8 Å². The van der Waals surface area contributed by atoms with Crippen molar-refractivity contribution < 1.29 is 4.79 Å². The highest BCUT2D eigenvalue weighted by Gasteiger charge is 2.14. The van der Waals surface area contributed by atoms with Crippen LogP contribution >= 0.6 is 11.6 Å². The number of aromatic nitrogens is 1. The number of amides is 1. The highest BCUT2D eigenvalue weighted by molar-refractivity contribution is 6.31. The van der Waals surface area contributed by atoms with E-state index in [-0.39, 0.29) is 18.0 Å². The van der Waals surface area contributed by atoms with Crippen molar-refractivity contribution in [2.24, 2.45) is 0 Å². The number of nitrogens with one attached hydrogen (secondary N) is 2. The molecule has 0 unspecified atom stereocenters. The first-order valence-corrected chi connectivity index (χ1v) is 10.8. The molecule has 5 nitrogen and oxygen atoms in total. The van der Waals surface area contributed by atoms with Crippen molar-refractivity contribution >= 4 is 39.8 Å². The van der Waals surface area contributed by atoms with E-state index in [2.05, 4.69) is 10.6 Å². The number of hydrogen-bond acceptors (Lipinski definition) is 3. The van der Waals surface area contributed by atoms with Gasteiger partial charge < -0.3 is 10.6 Å². The number of rotatable bonds is 6. The average molecular weight is 446 g/mol. The van der Waals surface area contributed by atoms with Crippen LogP contribution < -0.4 is 16.2 Å². The summed E-state index contributed by atoms with van der Waals surface area (Å²) < 4.78 is 1.54. The number of hydrogen-bond donors (Lipinski definition) is 2. The molecule has 4 rings (SSSR count). The molecule has 1 aromatic heterocycles. The lowest BCUT2D eigenvalue weighted by Gasteiger charge is -2.15. The lowest BCUT2D eigenvalue weighted by Crippen LogP contribution is -2.31. The summed E-state index contributed by atoms with van der Waals surface area (Å²) in [4.78, 5) is 26.2. The summed E-state index contributed by atoms with van der Waals surface area (Å²) in [6.45, 7) is 4.13. The zero-order valence-corrected chi connectivity index (χ0v) is 18.7. The highest BCUT2D eigenvalue weighted by atomic mass is 35.5. The Kier molecular flexibility index (Phi) is 6.28. The number of halogens is 1. The third kappa shape index (κ3) is 4.84. The first-order valence-electron chi connectivity index (χ1n) is 10.4. The quantitative estimate of drug-likeness (QED) is 0.410. The van der Waals surface area contributed by atoms with Gasteiger partial charge in [-0.05, 0) is 66.8 Å². The molecule has 0 aliphatic carbocycles. The Balaban J connectivity index is 1.67. The minimum atomic E-state index is -0.284. The van der Waals surface area contributed by atoms with Crippen molar-refractivity contribution in [1.82, 2.24) is 4.57 Å². The van der Waals surface area contributed by atoms with Gasteiger partial charge in [-0.3, -0.25) is 14.2 Å². The molecule has 0 spiro atoms. The van der Waals surface area contributed by atoms with E-state index in [1.54, 1.807) is 16.7 Å². The Morgan fingerprint density at radius 3 is 2.53 bits per heavy atom. The van der Waals surface area contributed by atoms with Crippen molar-refractivity contribution in [3.8, 4) is 0 Å². The van der Waals surface area contributed by atoms with Crippen molar-refractivity contribution in [3.63, 3.8) is 0 Å². The number of nitrogens with zero attached hydrogens (tertiary/aromatic N) is 1. The van der Waals surface area contributed by atoms with Crippen molar-refractivity contribution in [2.75, 3.05) is 10.6 Å². The maximum Gasteiger partial charge on any atom is 0.256 e. The molecule has 0 saturated carbocycles. The lowest BCUT2D eigenvalue weighted by atomic mass is 10.1. The van der Waals surface area contributed by atoms with E-state index in [9.17, 15) is 9.59 Å². The van der Waals surface area contributed by atoms with Crippen LogP contribution in [0.25, 0.3) is 10.9 Å². The van der Waals surface area contributed by atoms with E-state index in [4.69, 9.17) is 11.6 Å². The first kappa shape index (κ1) is 21.7. The summed E-state index contributed by atoms with van der Waals surface area (Å²) in [5.74, 6) is -0.284. The molecule has 0 bridgehead atoms. The van der Waals surface area contributed by atoms with Gasteiger partial charge in [0.1, 0.15) is 6.54 Å². The fourth-order valence-corrected chi connectivity index (χ4v) is 3.81. The number of aryl methyl sites for hydroxylation is 2. The van der Waals surface area contributed by atoms with Crippen LogP contribution in [0.1, 0.15) is 16.7 Å². The van der Waals surface area contributed by atoms with Crippen LogP contribution in [0.3, 0.4) is 0 Å². The van der Waals surface area contributed by atoms with Gasteiger partial charge >= 0.3 is 0 Å². The summed E-state index contributed by atoms with van der Waals surface area (Å²) >= 11 is 6.07. The van der Waals surface area contributed by atoms with E-state index in [1.807, 2.05) is 74.5 Å². The van der Waals surface area contributed by atoms with Gasteiger partial charge in [-0.15, -0.1) is 0 Å².